The summed E-state index contributed by atoms with van der Waals surface area (Å²) in [6.07, 6.45) is 0.882. The smallest absolute Gasteiger partial charge is 0.339 e. The van der Waals surface area contributed by atoms with Gasteiger partial charge in [-0.15, -0.1) is 0 Å². The number of hydrogen-bond acceptors (Lipinski definition) is 6. The summed E-state index contributed by atoms with van der Waals surface area (Å²) in [4.78, 5) is 11.6. The number of rotatable bonds is 4. The fourth-order valence-electron chi connectivity index (χ4n) is 2.88. The van der Waals surface area contributed by atoms with Gasteiger partial charge in [0, 0.05) is 19.2 Å². The summed E-state index contributed by atoms with van der Waals surface area (Å²) in [6.45, 7) is 2.32. The fraction of sp³-hybridized carbons (Fsp3) is 0.333. The van der Waals surface area contributed by atoms with Crippen molar-refractivity contribution in [1.29, 1.82) is 5.26 Å². The third-order valence-electron chi connectivity index (χ3n) is 4.19. The predicted octanol–water partition coefficient (Wildman–Crippen LogP) is 2.05. The quantitative estimate of drug-likeness (QED) is 0.812. The Hall–Kier alpha value is -2.63. The summed E-state index contributed by atoms with van der Waals surface area (Å²) in [5, 5.41) is 8.82. The minimum atomic E-state index is -3.59. The highest BCUT2D eigenvalue weighted by atomic mass is 32.2. The van der Waals surface area contributed by atoms with Crippen LogP contribution in [0.15, 0.2) is 50.5 Å². The number of ether oxygens (including phenoxy) is 1. The molecule has 136 valence electrons. The van der Waals surface area contributed by atoms with Gasteiger partial charge in [0.05, 0.1) is 22.6 Å². The Balaban J connectivity index is 1.65. The van der Waals surface area contributed by atoms with Crippen LogP contribution in [0.1, 0.15) is 24.2 Å². The molecule has 1 saturated heterocycles. The van der Waals surface area contributed by atoms with Crippen LogP contribution in [0.3, 0.4) is 0 Å². The van der Waals surface area contributed by atoms with E-state index in [0.29, 0.717) is 43.0 Å². The van der Waals surface area contributed by atoms with Gasteiger partial charge < -0.3 is 9.15 Å². The van der Waals surface area contributed by atoms with E-state index in [4.69, 9.17) is 14.4 Å². The minimum Gasteiger partial charge on any atom is -0.490 e. The van der Waals surface area contributed by atoms with Crippen LogP contribution in [0.25, 0.3) is 0 Å². The van der Waals surface area contributed by atoms with Crippen molar-refractivity contribution in [3.8, 4) is 11.8 Å². The summed E-state index contributed by atoms with van der Waals surface area (Å²) >= 11 is 0. The molecule has 0 N–H and O–H groups in total. The van der Waals surface area contributed by atoms with Crippen LogP contribution in [0.5, 0.6) is 5.75 Å². The number of benzene rings is 1. The Morgan fingerprint density at radius 3 is 2.42 bits per heavy atom. The summed E-state index contributed by atoms with van der Waals surface area (Å²) in [5.41, 5.74) is -0.0560. The van der Waals surface area contributed by atoms with Crippen LogP contribution in [0, 0.1) is 18.3 Å². The summed E-state index contributed by atoms with van der Waals surface area (Å²) in [7, 11) is -3.59. The lowest BCUT2D eigenvalue weighted by molar-refractivity contribution is 0.134. The van der Waals surface area contributed by atoms with E-state index >= 15 is 0 Å². The zero-order chi connectivity index (χ0) is 18.7. The molecule has 7 nitrogen and oxygen atoms in total. The van der Waals surface area contributed by atoms with Crippen LogP contribution in [0.4, 0.5) is 0 Å². The third kappa shape index (κ3) is 3.95. The minimum absolute atomic E-state index is 0.163. The Morgan fingerprint density at radius 2 is 1.85 bits per heavy atom. The van der Waals surface area contributed by atoms with E-state index in [0.717, 1.165) is 0 Å². The Kier molecular flexibility index (Phi) is 5.11. The lowest BCUT2D eigenvalue weighted by Crippen LogP contribution is -2.41. The molecule has 1 aliphatic rings. The van der Waals surface area contributed by atoms with Crippen molar-refractivity contribution in [3.05, 3.63) is 58.1 Å². The number of piperidine rings is 1. The van der Waals surface area contributed by atoms with Gasteiger partial charge in [0.15, 0.2) is 0 Å². The Labute approximate surface area is 151 Å². The number of hydrogen-bond donors (Lipinski definition) is 0. The van der Waals surface area contributed by atoms with Gasteiger partial charge in [-0.2, -0.15) is 9.57 Å². The molecule has 1 aliphatic heterocycles. The molecule has 0 bridgehead atoms. The lowest BCUT2D eigenvalue weighted by atomic mass is 10.1. The normalized spacial score (nSPS) is 16.2. The maximum atomic E-state index is 12.7. The summed E-state index contributed by atoms with van der Waals surface area (Å²) in [6, 6.07) is 10.8. The second-order valence-electron chi connectivity index (χ2n) is 6.08. The van der Waals surface area contributed by atoms with Crippen LogP contribution < -0.4 is 10.4 Å². The van der Waals surface area contributed by atoms with Crippen molar-refractivity contribution in [3.63, 3.8) is 0 Å². The van der Waals surface area contributed by atoms with Crippen LogP contribution >= 0.6 is 0 Å². The van der Waals surface area contributed by atoms with Crippen LogP contribution in [-0.2, 0) is 10.0 Å². The Morgan fingerprint density at radius 1 is 1.19 bits per heavy atom. The topological polar surface area (TPSA) is 101 Å². The highest BCUT2D eigenvalue weighted by Gasteiger charge is 2.30. The third-order valence-corrected chi connectivity index (χ3v) is 6.10. The van der Waals surface area contributed by atoms with E-state index in [2.05, 4.69) is 0 Å². The maximum Gasteiger partial charge on any atom is 0.339 e. The molecule has 0 aliphatic carbocycles. The van der Waals surface area contributed by atoms with Crippen molar-refractivity contribution >= 4 is 10.0 Å². The largest absolute Gasteiger partial charge is 0.490 e. The van der Waals surface area contributed by atoms with E-state index in [1.807, 2.05) is 6.07 Å². The number of sulfonamides is 1. The van der Waals surface area contributed by atoms with Gasteiger partial charge in [0.1, 0.15) is 17.6 Å². The van der Waals surface area contributed by atoms with E-state index in [-0.39, 0.29) is 11.0 Å². The number of nitriles is 1. The van der Waals surface area contributed by atoms with Gasteiger partial charge in [-0.3, -0.25) is 0 Å². The van der Waals surface area contributed by atoms with E-state index in [1.54, 1.807) is 13.0 Å². The molecule has 2 aromatic rings. The SMILES string of the molecule is Cc1cc(OC2CCN(S(=O)(=O)c3ccc(C#N)cc3)CC2)cc(=O)o1. The van der Waals surface area contributed by atoms with Gasteiger partial charge in [-0.05, 0) is 44.0 Å². The van der Waals surface area contributed by atoms with Gasteiger partial charge in [0.25, 0.3) is 0 Å². The van der Waals surface area contributed by atoms with Crippen LogP contribution in [0.2, 0.25) is 0 Å². The zero-order valence-corrected chi connectivity index (χ0v) is 15.0. The summed E-state index contributed by atoms with van der Waals surface area (Å²) < 4.78 is 37.5. The molecule has 0 spiro atoms. The molecule has 1 aromatic carbocycles. The standard InChI is InChI=1S/C18H18N2O5S/c1-13-10-16(11-18(21)24-13)25-15-6-8-20(9-7-15)26(22,23)17-4-2-14(12-19)3-5-17/h2-5,10-11,15H,6-9H2,1H3. The monoisotopic (exact) mass is 374 g/mol. The van der Waals surface area contributed by atoms with Gasteiger partial charge in [-0.25, -0.2) is 13.2 Å². The molecule has 0 saturated carbocycles. The molecule has 1 aromatic heterocycles. The zero-order valence-electron chi connectivity index (χ0n) is 14.2. The first kappa shape index (κ1) is 18.2. The Bertz CT molecular complexity index is 981. The van der Waals surface area contributed by atoms with Crippen molar-refractivity contribution < 1.29 is 17.6 Å². The number of aryl methyl sites for hydroxylation is 1. The van der Waals surface area contributed by atoms with E-state index < -0.39 is 15.6 Å². The maximum absolute atomic E-state index is 12.7. The molecule has 0 atom stereocenters. The molecule has 2 heterocycles. The molecule has 8 heteroatoms. The fourth-order valence-corrected chi connectivity index (χ4v) is 4.35. The van der Waals surface area contributed by atoms with Crippen LogP contribution in [-0.4, -0.2) is 31.9 Å². The van der Waals surface area contributed by atoms with Gasteiger partial charge >= 0.3 is 5.63 Å². The van der Waals surface area contributed by atoms with E-state index in [9.17, 15) is 13.2 Å². The van der Waals surface area contributed by atoms with Gasteiger partial charge in [-0.1, -0.05) is 0 Å². The molecule has 0 amide bonds. The first-order chi connectivity index (χ1) is 12.4. The first-order valence-electron chi connectivity index (χ1n) is 8.17. The van der Waals surface area contributed by atoms with Crippen molar-refractivity contribution in [2.24, 2.45) is 0 Å². The van der Waals surface area contributed by atoms with E-state index in [1.165, 1.54) is 34.6 Å². The average Bonchev–Trinajstić information content (AvgIpc) is 2.61. The lowest BCUT2D eigenvalue weighted by Gasteiger charge is -2.31. The predicted molar refractivity (Wildman–Crippen MR) is 93.3 cm³/mol. The molecule has 26 heavy (non-hydrogen) atoms. The molecule has 0 radical (unpaired) electrons. The highest BCUT2D eigenvalue weighted by molar-refractivity contribution is 7.89. The molecule has 3 rings (SSSR count). The highest BCUT2D eigenvalue weighted by Crippen LogP contribution is 2.24. The summed E-state index contributed by atoms with van der Waals surface area (Å²) in [5.74, 6) is 0.903. The molecular formula is C18H18N2O5S. The first-order valence-corrected chi connectivity index (χ1v) is 9.61. The second-order valence-corrected chi connectivity index (χ2v) is 8.02. The van der Waals surface area contributed by atoms with Gasteiger partial charge in [0.2, 0.25) is 10.0 Å². The van der Waals surface area contributed by atoms with Crippen molar-refractivity contribution in [2.75, 3.05) is 13.1 Å². The average molecular weight is 374 g/mol. The second kappa shape index (κ2) is 7.32. The molecular weight excluding hydrogens is 356 g/mol. The van der Waals surface area contributed by atoms with Crippen molar-refractivity contribution in [1.82, 2.24) is 4.31 Å². The molecule has 1 fully saturated rings. The molecule has 0 unspecified atom stereocenters. The number of nitrogens with zero attached hydrogens (tertiary/aromatic N) is 2. The van der Waals surface area contributed by atoms with Crippen molar-refractivity contribution in [2.45, 2.75) is 30.8 Å².